The van der Waals surface area contributed by atoms with E-state index in [1.54, 1.807) is 18.2 Å². The number of ether oxygens (including phenoxy) is 1. The number of nitrogens with zero attached hydrogens (tertiary/aromatic N) is 1. The number of hydrogen-bond acceptors (Lipinski definition) is 4. The average Bonchev–Trinajstić information content (AvgIpc) is 3.27. The van der Waals surface area contributed by atoms with Crippen LogP contribution < -0.4 is 15.4 Å². The summed E-state index contributed by atoms with van der Waals surface area (Å²) in [6.45, 7) is 2.52. The normalized spacial score (nSPS) is 24.2. The summed E-state index contributed by atoms with van der Waals surface area (Å²) in [7, 11) is 0. The molecule has 0 unspecified atom stereocenters. The molecule has 1 fully saturated rings. The van der Waals surface area contributed by atoms with Gasteiger partial charge in [0.15, 0.2) is 6.61 Å². The number of carbonyl (C=O) groups excluding carboxylic acids is 3. The Morgan fingerprint density at radius 1 is 1.17 bits per heavy atom. The van der Waals surface area contributed by atoms with Gasteiger partial charge in [0, 0.05) is 17.8 Å². The van der Waals surface area contributed by atoms with Crippen LogP contribution in [0, 0.1) is 0 Å². The average molecular weight is 405 g/mol. The number of nitrogens with one attached hydrogen (secondary N) is 2. The Labute approximate surface area is 174 Å². The van der Waals surface area contributed by atoms with Crippen LogP contribution in [0.4, 0.5) is 11.4 Å². The second kappa shape index (κ2) is 6.86. The fourth-order valence-corrected chi connectivity index (χ4v) is 5.09. The Balaban J connectivity index is 1.50. The van der Waals surface area contributed by atoms with Gasteiger partial charge in [-0.1, -0.05) is 31.5 Å². The molecule has 2 aromatic rings. The summed E-state index contributed by atoms with van der Waals surface area (Å²) in [5.41, 5.74) is 2.18. The zero-order valence-corrected chi connectivity index (χ0v) is 16.7. The van der Waals surface area contributed by atoms with Crippen LogP contribution in [-0.4, -0.2) is 41.8 Å². The van der Waals surface area contributed by atoms with E-state index in [-0.39, 0.29) is 30.4 Å². The van der Waals surface area contributed by atoms with Gasteiger partial charge in [-0.15, -0.1) is 0 Å². The molecule has 2 aromatic carbocycles. The number of rotatable bonds is 3. The van der Waals surface area contributed by atoms with Crippen LogP contribution in [0.1, 0.15) is 42.1 Å². The van der Waals surface area contributed by atoms with E-state index in [9.17, 15) is 14.4 Å². The third-order valence-corrected chi connectivity index (χ3v) is 6.44. The number of likely N-dealkylation sites (tertiary alicyclic amines) is 1. The van der Waals surface area contributed by atoms with Gasteiger partial charge in [-0.25, -0.2) is 0 Å². The molecule has 0 radical (unpaired) electrons. The quantitative estimate of drug-likeness (QED) is 0.822. The lowest BCUT2D eigenvalue weighted by Crippen LogP contribution is -2.48. The molecule has 3 aliphatic rings. The molecule has 5 rings (SSSR count). The predicted octanol–water partition coefficient (Wildman–Crippen LogP) is 2.92. The third kappa shape index (κ3) is 2.61. The summed E-state index contributed by atoms with van der Waals surface area (Å²) in [5, 5.41) is 5.77. The first kappa shape index (κ1) is 18.7. The van der Waals surface area contributed by atoms with E-state index in [0.717, 1.165) is 24.1 Å². The van der Waals surface area contributed by atoms with Crippen molar-refractivity contribution in [2.24, 2.45) is 0 Å². The van der Waals surface area contributed by atoms with Crippen molar-refractivity contribution < 1.29 is 19.1 Å². The first-order valence-corrected chi connectivity index (χ1v) is 10.3. The second-order valence-electron chi connectivity index (χ2n) is 8.07. The summed E-state index contributed by atoms with van der Waals surface area (Å²) >= 11 is 0. The Bertz CT molecular complexity index is 1070. The highest BCUT2D eigenvalue weighted by Crippen LogP contribution is 2.49. The molecule has 2 atom stereocenters. The van der Waals surface area contributed by atoms with Crippen LogP contribution in [0.25, 0.3) is 0 Å². The number of anilines is 2. The van der Waals surface area contributed by atoms with Crippen LogP contribution in [-0.2, 0) is 15.0 Å². The minimum absolute atomic E-state index is 0.0195. The first-order valence-electron chi connectivity index (χ1n) is 10.3. The minimum Gasteiger partial charge on any atom is -0.482 e. The molecule has 30 heavy (non-hydrogen) atoms. The van der Waals surface area contributed by atoms with Crippen LogP contribution in [0.2, 0.25) is 0 Å². The highest BCUT2D eigenvalue weighted by molar-refractivity contribution is 6.08. The fourth-order valence-electron chi connectivity index (χ4n) is 5.09. The Morgan fingerprint density at radius 2 is 2.00 bits per heavy atom. The highest BCUT2D eigenvalue weighted by atomic mass is 16.5. The molecular weight excluding hydrogens is 382 g/mol. The molecule has 7 nitrogen and oxygen atoms in total. The molecule has 1 saturated heterocycles. The van der Waals surface area contributed by atoms with Crippen LogP contribution in [0.15, 0.2) is 42.5 Å². The maximum absolute atomic E-state index is 13.5. The molecule has 0 aliphatic carbocycles. The van der Waals surface area contributed by atoms with Gasteiger partial charge < -0.3 is 20.3 Å². The van der Waals surface area contributed by atoms with Crippen molar-refractivity contribution in [2.45, 2.75) is 37.6 Å². The molecule has 0 aromatic heterocycles. The Kier molecular flexibility index (Phi) is 4.27. The van der Waals surface area contributed by atoms with Gasteiger partial charge in [0.25, 0.3) is 11.8 Å². The summed E-state index contributed by atoms with van der Waals surface area (Å²) in [6, 6.07) is 12.6. The van der Waals surface area contributed by atoms with E-state index in [4.69, 9.17) is 4.74 Å². The van der Waals surface area contributed by atoms with Gasteiger partial charge in [-0.3, -0.25) is 14.4 Å². The highest BCUT2D eigenvalue weighted by Gasteiger charge is 2.58. The Morgan fingerprint density at radius 3 is 2.83 bits per heavy atom. The van der Waals surface area contributed by atoms with Gasteiger partial charge in [0.05, 0.1) is 17.1 Å². The monoisotopic (exact) mass is 405 g/mol. The molecule has 3 heterocycles. The fraction of sp³-hybridized carbons (Fsp3) is 0.348. The van der Waals surface area contributed by atoms with Crippen molar-refractivity contribution in [2.75, 3.05) is 23.8 Å². The van der Waals surface area contributed by atoms with Crippen molar-refractivity contribution in [1.82, 2.24) is 4.90 Å². The number of para-hydroxylation sites is 1. The van der Waals surface area contributed by atoms with E-state index >= 15 is 0 Å². The first-order chi connectivity index (χ1) is 14.5. The number of hydrogen-bond donors (Lipinski definition) is 2. The molecule has 1 spiro atoms. The van der Waals surface area contributed by atoms with Crippen molar-refractivity contribution in [3.63, 3.8) is 0 Å². The number of fused-ring (bicyclic) bond motifs is 3. The lowest BCUT2D eigenvalue weighted by molar-refractivity contribution is -0.121. The van der Waals surface area contributed by atoms with E-state index < -0.39 is 5.41 Å². The van der Waals surface area contributed by atoms with Gasteiger partial charge in [0.2, 0.25) is 5.91 Å². The molecular formula is C23H23N3O4. The van der Waals surface area contributed by atoms with Crippen LogP contribution >= 0.6 is 0 Å². The van der Waals surface area contributed by atoms with E-state index in [1.165, 1.54) is 0 Å². The standard InChI is InChI=1S/C23H23N3O4/c1-2-5-19-23(15-6-3-4-7-16(15)25-22(23)29)10-11-26(19)21(28)14-8-9-17-18(12-14)30-13-20(27)24-17/h3-4,6-9,12,19H,2,5,10-11,13H2,1H3,(H,24,27)(H,25,29)/t19-,23+/m0/s1. The lowest BCUT2D eigenvalue weighted by Gasteiger charge is -2.34. The maximum atomic E-state index is 13.5. The lowest BCUT2D eigenvalue weighted by atomic mass is 9.73. The van der Waals surface area contributed by atoms with E-state index in [0.29, 0.717) is 30.0 Å². The van der Waals surface area contributed by atoms with Crippen molar-refractivity contribution in [1.29, 1.82) is 0 Å². The van der Waals surface area contributed by atoms with Crippen LogP contribution in [0.5, 0.6) is 5.75 Å². The molecule has 7 heteroatoms. The number of amides is 3. The zero-order chi connectivity index (χ0) is 20.9. The van der Waals surface area contributed by atoms with Crippen LogP contribution in [0.3, 0.4) is 0 Å². The second-order valence-corrected chi connectivity index (χ2v) is 8.07. The van der Waals surface area contributed by atoms with Crippen molar-refractivity contribution in [3.05, 3.63) is 53.6 Å². The molecule has 0 bridgehead atoms. The van der Waals surface area contributed by atoms with Gasteiger partial charge in [-0.2, -0.15) is 0 Å². The molecule has 154 valence electrons. The third-order valence-electron chi connectivity index (χ3n) is 6.44. The Hall–Kier alpha value is -3.35. The topological polar surface area (TPSA) is 87.7 Å². The number of benzene rings is 2. The number of carbonyl (C=O) groups is 3. The maximum Gasteiger partial charge on any atom is 0.262 e. The summed E-state index contributed by atoms with van der Waals surface area (Å²) < 4.78 is 5.47. The minimum atomic E-state index is -0.707. The van der Waals surface area contributed by atoms with Crippen molar-refractivity contribution >= 4 is 29.1 Å². The SMILES string of the molecule is CCC[C@@H]1N(C(=O)c2ccc3c(c2)OCC(=O)N3)CC[C@]12C(=O)Nc1ccccc12. The molecule has 0 saturated carbocycles. The van der Waals surface area contributed by atoms with Gasteiger partial charge >= 0.3 is 0 Å². The zero-order valence-electron chi connectivity index (χ0n) is 16.7. The molecule has 3 amide bonds. The predicted molar refractivity (Wildman–Crippen MR) is 112 cm³/mol. The van der Waals surface area contributed by atoms with E-state index in [1.807, 2.05) is 29.2 Å². The van der Waals surface area contributed by atoms with Gasteiger partial charge in [-0.05, 0) is 42.7 Å². The summed E-state index contributed by atoms with van der Waals surface area (Å²) in [6.07, 6.45) is 2.21. The smallest absolute Gasteiger partial charge is 0.262 e. The summed E-state index contributed by atoms with van der Waals surface area (Å²) in [5.74, 6) is 0.141. The van der Waals surface area contributed by atoms with Crippen molar-refractivity contribution in [3.8, 4) is 5.75 Å². The molecule has 3 aliphatic heterocycles. The molecule has 2 N–H and O–H groups in total. The van der Waals surface area contributed by atoms with E-state index in [2.05, 4.69) is 17.6 Å². The summed E-state index contributed by atoms with van der Waals surface area (Å²) in [4.78, 5) is 40.0. The largest absolute Gasteiger partial charge is 0.482 e. The van der Waals surface area contributed by atoms with Gasteiger partial charge in [0.1, 0.15) is 5.75 Å².